The summed E-state index contributed by atoms with van der Waals surface area (Å²) in [6.45, 7) is 0. The fourth-order valence-electron chi connectivity index (χ4n) is 1.84. The molecule has 2 rings (SSSR count). The number of hydrogen-bond donors (Lipinski definition) is 4. The largest absolute Gasteiger partial charge is 0.507 e. The standard InChI is InChI=1S/C14H10O6/c15-11-6-7(5-10(13(17)18)14(19)20)12(16)9-4-2-1-3-8(9)11/h1-6,15-16H,(H,17,18)(H,19,20). The van der Waals surface area contributed by atoms with E-state index in [9.17, 15) is 19.8 Å². The molecule has 0 amide bonds. The van der Waals surface area contributed by atoms with Crippen LogP contribution in [0.1, 0.15) is 5.56 Å². The van der Waals surface area contributed by atoms with Crippen LogP contribution >= 0.6 is 0 Å². The molecule has 0 atom stereocenters. The van der Waals surface area contributed by atoms with Crippen molar-refractivity contribution in [1.82, 2.24) is 0 Å². The van der Waals surface area contributed by atoms with E-state index in [0.717, 1.165) is 12.1 Å². The second-order valence-electron chi connectivity index (χ2n) is 4.05. The van der Waals surface area contributed by atoms with Crippen LogP contribution in [0.25, 0.3) is 16.8 Å². The molecule has 0 fully saturated rings. The van der Waals surface area contributed by atoms with E-state index in [1.807, 2.05) is 0 Å². The summed E-state index contributed by atoms with van der Waals surface area (Å²) >= 11 is 0. The lowest BCUT2D eigenvalue weighted by molar-refractivity contribution is -0.140. The first-order chi connectivity index (χ1) is 9.41. The first-order valence-electron chi connectivity index (χ1n) is 5.53. The van der Waals surface area contributed by atoms with Gasteiger partial charge in [0.15, 0.2) is 0 Å². The maximum atomic E-state index is 10.8. The molecule has 0 aliphatic carbocycles. The van der Waals surface area contributed by atoms with Crippen molar-refractivity contribution in [3.8, 4) is 11.5 Å². The van der Waals surface area contributed by atoms with E-state index in [4.69, 9.17) is 10.2 Å². The predicted molar refractivity (Wildman–Crippen MR) is 70.5 cm³/mol. The summed E-state index contributed by atoms with van der Waals surface area (Å²) in [6.07, 6.45) is 0.798. The van der Waals surface area contributed by atoms with E-state index in [2.05, 4.69) is 0 Å². The lowest BCUT2D eigenvalue weighted by Crippen LogP contribution is -2.10. The molecule has 4 N–H and O–H groups in total. The Bertz CT molecular complexity index is 729. The van der Waals surface area contributed by atoms with Crippen molar-refractivity contribution in [2.24, 2.45) is 0 Å². The van der Waals surface area contributed by atoms with Crippen LogP contribution in [0.5, 0.6) is 11.5 Å². The average molecular weight is 274 g/mol. The summed E-state index contributed by atoms with van der Waals surface area (Å²) in [5, 5.41) is 38.1. The number of hydrogen-bond acceptors (Lipinski definition) is 4. The van der Waals surface area contributed by atoms with Crippen molar-refractivity contribution in [3.05, 3.63) is 41.5 Å². The zero-order valence-corrected chi connectivity index (χ0v) is 10.1. The second kappa shape index (κ2) is 4.93. The Balaban J connectivity index is 2.73. The number of fused-ring (bicyclic) bond motifs is 1. The lowest BCUT2D eigenvalue weighted by Gasteiger charge is -2.07. The summed E-state index contributed by atoms with van der Waals surface area (Å²) in [6, 6.07) is 7.51. The summed E-state index contributed by atoms with van der Waals surface area (Å²) in [7, 11) is 0. The maximum Gasteiger partial charge on any atom is 0.343 e. The van der Waals surface area contributed by atoms with E-state index in [1.165, 1.54) is 6.07 Å². The minimum Gasteiger partial charge on any atom is -0.507 e. The molecule has 0 saturated heterocycles. The van der Waals surface area contributed by atoms with Gasteiger partial charge in [-0.05, 0) is 12.1 Å². The van der Waals surface area contributed by atoms with Gasteiger partial charge in [-0.25, -0.2) is 9.59 Å². The van der Waals surface area contributed by atoms with E-state index >= 15 is 0 Å². The molecule has 0 aromatic heterocycles. The molecule has 0 spiro atoms. The second-order valence-corrected chi connectivity index (χ2v) is 4.05. The zero-order valence-electron chi connectivity index (χ0n) is 10.1. The van der Waals surface area contributed by atoms with Gasteiger partial charge in [0.1, 0.15) is 17.1 Å². The highest BCUT2D eigenvalue weighted by molar-refractivity contribution is 6.16. The van der Waals surface area contributed by atoms with Crippen LogP contribution in [-0.4, -0.2) is 32.4 Å². The lowest BCUT2D eigenvalue weighted by atomic mass is 10.0. The maximum absolute atomic E-state index is 10.8. The van der Waals surface area contributed by atoms with Gasteiger partial charge in [-0.15, -0.1) is 0 Å². The molecule has 0 heterocycles. The monoisotopic (exact) mass is 274 g/mol. The highest BCUT2D eigenvalue weighted by atomic mass is 16.4. The summed E-state index contributed by atoms with van der Waals surface area (Å²) in [5.74, 6) is -3.74. The fourth-order valence-corrected chi connectivity index (χ4v) is 1.84. The normalized spacial score (nSPS) is 10.2. The number of carbonyl (C=O) groups is 2. The van der Waals surface area contributed by atoms with Crippen LogP contribution < -0.4 is 0 Å². The number of phenolic OH excluding ortho intramolecular Hbond substituents is 2. The molecule has 0 bridgehead atoms. The van der Waals surface area contributed by atoms with E-state index in [0.29, 0.717) is 10.8 Å². The smallest absolute Gasteiger partial charge is 0.343 e. The number of aromatic hydroxyl groups is 2. The Hall–Kier alpha value is -3.02. The van der Waals surface area contributed by atoms with Crippen molar-refractivity contribution in [1.29, 1.82) is 0 Å². The topological polar surface area (TPSA) is 115 Å². The van der Waals surface area contributed by atoms with Gasteiger partial charge in [-0.1, -0.05) is 24.3 Å². The molecule has 0 aliphatic rings. The number of phenols is 2. The molecule has 6 nitrogen and oxygen atoms in total. The Morgan fingerprint density at radius 3 is 2.05 bits per heavy atom. The van der Waals surface area contributed by atoms with Crippen molar-refractivity contribution in [2.45, 2.75) is 0 Å². The van der Waals surface area contributed by atoms with Crippen LogP contribution in [-0.2, 0) is 9.59 Å². The number of carboxylic acids is 2. The molecule has 0 saturated carbocycles. The third kappa shape index (κ3) is 2.26. The van der Waals surface area contributed by atoms with E-state index in [-0.39, 0.29) is 17.1 Å². The van der Waals surface area contributed by atoms with Crippen LogP contribution in [0.4, 0.5) is 0 Å². The van der Waals surface area contributed by atoms with Crippen LogP contribution in [0.15, 0.2) is 35.9 Å². The molecular weight excluding hydrogens is 264 g/mol. The summed E-state index contributed by atoms with van der Waals surface area (Å²) in [5.41, 5.74) is -0.990. The quantitative estimate of drug-likeness (QED) is 0.293. The van der Waals surface area contributed by atoms with Crippen molar-refractivity contribution in [3.63, 3.8) is 0 Å². The Kier molecular flexibility index (Phi) is 3.30. The van der Waals surface area contributed by atoms with Gasteiger partial charge in [0.25, 0.3) is 0 Å². The molecule has 2 aromatic rings. The van der Waals surface area contributed by atoms with Gasteiger partial charge in [0, 0.05) is 16.3 Å². The summed E-state index contributed by atoms with van der Waals surface area (Å²) < 4.78 is 0. The zero-order chi connectivity index (χ0) is 14.9. The van der Waals surface area contributed by atoms with E-state index in [1.54, 1.807) is 18.2 Å². The Morgan fingerprint density at radius 2 is 1.50 bits per heavy atom. The number of carboxylic acid groups (broad SMARTS) is 2. The molecule has 2 aromatic carbocycles. The van der Waals surface area contributed by atoms with Crippen molar-refractivity contribution < 1.29 is 30.0 Å². The molecular formula is C14H10O6. The van der Waals surface area contributed by atoms with Crippen LogP contribution in [0.2, 0.25) is 0 Å². The van der Waals surface area contributed by atoms with Crippen LogP contribution in [0, 0.1) is 0 Å². The molecule has 0 radical (unpaired) electrons. The Morgan fingerprint density at radius 1 is 0.950 bits per heavy atom. The van der Waals surface area contributed by atoms with Gasteiger partial charge >= 0.3 is 11.9 Å². The van der Waals surface area contributed by atoms with Gasteiger partial charge in [0.2, 0.25) is 0 Å². The SMILES string of the molecule is O=C(O)C(=Cc1cc(O)c2ccccc2c1O)C(=O)O. The number of rotatable bonds is 3. The summed E-state index contributed by atoms with van der Waals surface area (Å²) in [4.78, 5) is 21.6. The van der Waals surface area contributed by atoms with Gasteiger partial charge in [-0.2, -0.15) is 0 Å². The molecule has 102 valence electrons. The van der Waals surface area contributed by atoms with Gasteiger partial charge in [-0.3, -0.25) is 0 Å². The molecule has 0 unspecified atom stereocenters. The highest BCUT2D eigenvalue weighted by Gasteiger charge is 2.18. The minimum atomic E-state index is -1.63. The third-order valence-corrected chi connectivity index (χ3v) is 2.78. The van der Waals surface area contributed by atoms with Crippen molar-refractivity contribution >= 4 is 28.8 Å². The molecule has 6 heteroatoms. The first kappa shape index (κ1) is 13.4. The third-order valence-electron chi connectivity index (χ3n) is 2.78. The molecule has 20 heavy (non-hydrogen) atoms. The minimum absolute atomic E-state index is 0.0824. The van der Waals surface area contributed by atoms with E-state index < -0.39 is 17.5 Å². The number of aliphatic carboxylic acids is 2. The van der Waals surface area contributed by atoms with Crippen LogP contribution in [0.3, 0.4) is 0 Å². The predicted octanol–water partition coefficient (Wildman–Crippen LogP) is 1.80. The molecule has 0 aliphatic heterocycles. The Labute approximate surface area is 112 Å². The van der Waals surface area contributed by atoms with Gasteiger partial charge in [0.05, 0.1) is 0 Å². The fraction of sp³-hybridized carbons (Fsp3) is 0. The van der Waals surface area contributed by atoms with Gasteiger partial charge < -0.3 is 20.4 Å². The highest BCUT2D eigenvalue weighted by Crippen LogP contribution is 2.36. The van der Waals surface area contributed by atoms with Crippen molar-refractivity contribution in [2.75, 3.05) is 0 Å². The number of benzene rings is 2. The first-order valence-corrected chi connectivity index (χ1v) is 5.53. The average Bonchev–Trinajstić information content (AvgIpc) is 2.40.